The van der Waals surface area contributed by atoms with Gasteiger partial charge in [0.05, 0.1) is 18.8 Å². The van der Waals surface area contributed by atoms with Crippen LogP contribution in [-0.4, -0.2) is 36.2 Å². The van der Waals surface area contributed by atoms with Gasteiger partial charge in [0.1, 0.15) is 10.7 Å². The maximum absolute atomic E-state index is 12.8. The van der Waals surface area contributed by atoms with Crippen molar-refractivity contribution in [2.24, 2.45) is 0 Å². The lowest BCUT2D eigenvalue weighted by Gasteiger charge is -2.10. The molecule has 0 radical (unpaired) electrons. The number of carbonyl (C=O) groups excluding carboxylic acids is 3. The number of aromatic amines is 1. The Kier molecular flexibility index (Phi) is 6.98. The van der Waals surface area contributed by atoms with Crippen molar-refractivity contribution < 1.29 is 23.9 Å². The summed E-state index contributed by atoms with van der Waals surface area (Å²) in [6.45, 7) is 4.09. The lowest BCUT2D eigenvalue weighted by atomic mass is 10.1. The number of hydrogen-bond acceptors (Lipinski definition) is 6. The number of aromatic nitrogens is 1. The fourth-order valence-corrected chi connectivity index (χ4v) is 5.32. The third-order valence-electron chi connectivity index (χ3n) is 5.50. The Hall–Kier alpha value is -3.33. The van der Waals surface area contributed by atoms with Crippen molar-refractivity contribution >= 4 is 50.9 Å². The SMILES string of the molecule is CCOC(=O)c1cc2cc(NC(=O)Nc3sc4c(c3C(=O)OCC)CCCCC4)ccc2[nH]1. The summed E-state index contributed by atoms with van der Waals surface area (Å²) in [5.41, 5.74) is 3.16. The molecule has 1 aliphatic rings. The lowest BCUT2D eigenvalue weighted by molar-refractivity contribution is 0.0513. The van der Waals surface area contributed by atoms with Gasteiger partial charge in [-0.2, -0.15) is 0 Å². The highest BCUT2D eigenvalue weighted by molar-refractivity contribution is 7.17. The van der Waals surface area contributed by atoms with Crippen molar-refractivity contribution in [2.45, 2.75) is 46.0 Å². The summed E-state index contributed by atoms with van der Waals surface area (Å²) in [4.78, 5) is 41.6. The number of nitrogens with one attached hydrogen (secondary N) is 3. The van der Waals surface area contributed by atoms with Gasteiger partial charge in [0, 0.05) is 21.5 Å². The summed E-state index contributed by atoms with van der Waals surface area (Å²) < 4.78 is 10.3. The van der Waals surface area contributed by atoms with Crippen LogP contribution >= 0.6 is 11.3 Å². The Balaban J connectivity index is 1.53. The first kappa shape index (κ1) is 22.8. The molecular weight excluding hydrogens is 442 g/mol. The number of hydrogen-bond donors (Lipinski definition) is 3. The zero-order valence-corrected chi connectivity index (χ0v) is 19.5. The van der Waals surface area contributed by atoms with Gasteiger partial charge in [0.15, 0.2) is 0 Å². The van der Waals surface area contributed by atoms with Gasteiger partial charge in [0.2, 0.25) is 0 Å². The minimum atomic E-state index is -0.447. The van der Waals surface area contributed by atoms with Crippen molar-refractivity contribution in [3.63, 3.8) is 0 Å². The standard InChI is InChI=1S/C24H27N3O5S/c1-3-31-22(28)18-13-14-12-15(10-11-17(14)26-18)25-24(30)27-21-20(23(29)32-4-2)16-8-6-5-7-9-19(16)33-21/h10-13,26H,3-9H2,1-2H3,(H2,25,27,30). The van der Waals surface area contributed by atoms with Gasteiger partial charge in [0.25, 0.3) is 0 Å². The molecule has 3 N–H and O–H groups in total. The van der Waals surface area contributed by atoms with Crippen molar-refractivity contribution in [1.29, 1.82) is 0 Å². The minimum Gasteiger partial charge on any atom is -0.462 e. The molecule has 0 saturated carbocycles. The zero-order valence-electron chi connectivity index (χ0n) is 18.7. The molecule has 0 unspecified atom stereocenters. The average Bonchev–Trinajstić information content (AvgIpc) is 3.27. The van der Waals surface area contributed by atoms with Crippen LogP contribution in [0.2, 0.25) is 0 Å². The summed E-state index contributed by atoms with van der Waals surface area (Å²) in [7, 11) is 0. The van der Waals surface area contributed by atoms with E-state index in [9.17, 15) is 14.4 Å². The minimum absolute atomic E-state index is 0.277. The normalized spacial score (nSPS) is 13.2. The molecule has 2 aromatic heterocycles. The molecule has 0 spiro atoms. The van der Waals surface area contributed by atoms with Crippen LogP contribution in [0.1, 0.15) is 64.4 Å². The molecule has 1 aromatic carbocycles. The fourth-order valence-electron chi connectivity index (χ4n) is 4.04. The second-order valence-corrected chi connectivity index (χ2v) is 8.88. The Labute approximate surface area is 195 Å². The summed E-state index contributed by atoms with van der Waals surface area (Å²) in [5.74, 6) is -0.822. The van der Waals surface area contributed by atoms with Gasteiger partial charge in [-0.1, -0.05) is 6.42 Å². The van der Waals surface area contributed by atoms with E-state index in [4.69, 9.17) is 9.47 Å². The van der Waals surface area contributed by atoms with Crippen LogP contribution in [0.4, 0.5) is 15.5 Å². The first-order valence-electron chi connectivity index (χ1n) is 11.2. The number of urea groups is 1. The summed E-state index contributed by atoms with van der Waals surface area (Å²) >= 11 is 1.45. The Morgan fingerprint density at radius 2 is 1.73 bits per heavy atom. The van der Waals surface area contributed by atoms with E-state index in [1.54, 1.807) is 38.1 Å². The number of H-pyrrole nitrogens is 1. The quantitative estimate of drug-likeness (QED) is 0.326. The number of fused-ring (bicyclic) bond motifs is 2. The van der Waals surface area contributed by atoms with Crippen LogP contribution in [-0.2, 0) is 22.3 Å². The fraction of sp³-hybridized carbons (Fsp3) is 0.375. The van der Waals surface area contributed by atoms with E-state index < -0.39 is 18.0 Å². The molecule has 0 aliphatic heterocycles. The second kappa shape index (κ2) is 10.1. The largest absolute Gasteiger partial charge is 0.462 e. The van der Waals surface area contributed by atoms with E-state index in [2.05, 4.69) is 15.6 Å². The van der Waals surface area contributed by atoms with Crippen LogP contribution in [0, 0.1) is 0 Å². The van der Waals surface area contributed by atoms with E-state index in [0.717, 1.165) is 53.4 Å². The highest BCUT2D eigenvalue weighted by atomic mass is 32.1. The van der Waals surface area contributed by atoms with Crippen LogP contribution < -0.4 is 10.6 Å². The second-order valence-electron chi connectivity index (χ2n) is 7.77. The zero-order chi connectivity index (χ0) is 23.4. The Morgan fingerprint density at radius 3 is 2.52 bits per heavy atom. The van der Waals surface area contributed by atoms with Crippen molar-refractivity contribution in [3.05, 3.63) is 46.0 Å². The van der Waals surface area contributed by atoms with Crippen molar-refractivity contribution in [3.8, 4) is 0 Å². The molecule has 1 aliphatic carbocycles. The lowest BCUT2D eigenvalue weighted by Crippen LogP contribution is -2.20. The molecule has 4 rings (SSSR count). The van der Waals surface area contributed by atoms with E-state index in [-0.39, 0.29) is 6.61 Å². The maximum atomic E-state index is 12.8. The van der Waals surface area contributed by atoms with E-state index in [0.29, 0.717) is 28.6 Å². The molecule has 0 atom stereocenters. The molecule has 0 saturated heterocycles. The molecule has 3 aromatic rings. The van der Waals surface area contributed by atoms with Gasteiger partial charge in [-0.3, -0.25) is 5.32 Å². The highest BCUT2D eigenvalue weighted by Gasteiger charge is 2.26. The van der Waals surface area contributed by atoms with Crippen molar-refractivity contribution in [2.75, 3.05) is 23.8 Å². The third kappa shape index (κ3) is 5.03. The van der Waals surface area contributed by atoms with Crippen LogP contribution in [0.5, 0.6) is 0 Å². The molecule has 2 heterocycles. The molecular formula is C24H27N3O5S. The third-order valence-corrected chi connectivity index (χ3v) is 6.71. The number of benzene rings is 1. The number of rotatable bonds is 6. The molecule has 33 heavy (non-hydrogen) atoms. The summed E-state index contributed by atoms with van der Waals surface area (Å²) in [5, 5.41) is 6.95. The predicted molar refractivity (Wildman–Crippen MR) is 128 cm³/mol. The molecule has 0 fully saturated rings. The number of anilines is 2. The maximum Gasteiger partial charge on any atom is 0.354 e. The highest BCUT2D eigenvalue weighted by Crippen LogP contribution is 2.38. The first-order valence-corrected chi connectivity index (χ1v) is 12.0. The number of amides is 2. The van der Waals surface area contributed by atoms with Gasteiger partial charge in [-0.15, -0.1) is 11.3 Å². The van der Waals surface area contributed by atoms with E-state index >= 15 is 0 Å². The number of ether oxygens (including phenoxy) is 2. The van der Waals surface area contributed by atoms with E-state index in [1.807, 2.05) is 0 Å². The topological polar surface area (TPSA) is 110 Å². The number of aryl methyl sites for hydroxylation is 1. The number of thiophene rings is 1. The predicted octanol–water partition coefficient (Wildman–Crippen LogP) is 5.50. The van der Waals surface area contributed by atoms with Crippen LogP contribution in [0.25, 0.3) is 10.9 Å². The van der Waals surface area contributed by atoms with Crippen LogP contribution in [0.15, 0.2) is 24.3 Å². The first-order chi connectivity index (χ1) is 16.0. The molecule has 174 valence electrons. The molecule has 0 bridgehead atoms. The van der Waals surface area contributed by atoms with Gasteiger partial charge in [-0.05, 0) is 69.4 Å². The summed E-state index contributed by atoms with van der Waals surface area (Å²) in [6, 6.07) is 6.53. The summed E-state index contributed by atoms with van der Waals surface area (Å²) in [6.07, 6.45) is 4.95. The smallest absolute Gasteiger partial charge is 0.354 e. The molecule has 8 nitrogen and oxygen atoms in total. The van der Waals surface area contributed by atoms with Gasteiger partial charge in [-0.25, -0.2) is 14.4 Å². The van der Waals surface area contributed by atoms with Gasteiger partial charge >= 0.3 is 18.0 Å². The monoisotopic (exact) mass is 469 g/mol. The Bertz CT molecular complexity index is 1200. The molecule has 9 heteroatoms. The Morgan fingerprint density at radius 1 is 0.970 bits per heavy atom. The number of esters is 2. The van der Waals surface area contributed by atoms with E-state index in [1.165, 1.54) is 11.3 Å². The molecule has 2 amide bonds. The van der Waals surface area contributed by atoms with Gasteiger partial charge < -0.3 is 19.8 Å². The van der Waals surface area contributed by atoms with Crippen LogP contribution in [0.3, 0.4) is 0 Å². The average molecular weight is 470 g/mol. The number of carbonyl (C=O) groups is 3. The van der Waals surface area contributed by atoms with Crippen molar-refractivity contribution in [1.82, 2.24) is 4.98 Å².